The molecule has 1 saturated heterocycles. The number of nitrogens with zero attached hydrogens (tertiary/aromatic N) is 1. The number of nitrogens with two attached hydrogens (primary N) is 1. The van der Waals surface area contributed by atoms with E-state index in [-0.39, 0.29) is 24.4 Å². The molecule has 0 aromatic heterocycles. The summed E-state index contributed by atoms with van der Waals surface area (Å²) in [6.45, 7) is 2.09. The van der Waals surface area contributed by atoms with Crippen LogP contribution in [-0.2, 0) is 16.1 Å². The van der Waals surface area contributed by atoms with Crippen molar-refractivity contribution in [2.24, 2.45) is 5.73 Å². The second kappa shape index (κ2) is 6.63. The molecule has 0 aliphatic carbocycles. The third-order valence-electron chi connectivity index (χ3n) is 3.16. The fraction of sp³-hybridized carbons (Fsp3) is 0.500. The summed E-state index contributed by atoms with van der Waals surface area (Å²) in [5.41, 5.74) is 6.09. The lowest BCUT2D eigenvalue weighted by Gasteiger charge is -2.23. The Labute approximate surface area is 112 Å². The summed E-state index contributed by atoms with van der Waals surface area (Å²) in [5, 5.41) is 0. The van der Waals surface area contributed by atoms with E-state index < -0.39 is 0 Å². The highest BCUT2D eigenvalue weighted by atomic mass is 19.1. The van der Waals surface area contributed by atoms with Crippen LogP contribution in [0.15, 0.2) is 24.3 Å². The topological polar surface area (TPSA) is 55.6 Å². The number of primary amides is 1. The number of carbonyl (C=O) groups excluding carboxylic acids is 1. The molecule has 5 heteroatoms. The number of hydrogen-bond donors (Lipinski definition) is 1. The van der Waals surface area contributed by atoms with Crippen LogP contribution >= 0.6 is 0 Å². The molecule has 1 heterocycles. The highest BCUT2D eigenvalue weighted by Gasteiger charge is 2.20. The Bertz CT molecular complexity index is 433. The fourth-order valence-electron chi connectivity index (χ4n) is 2.38. The standard InChI is InChI=1S/C14H19FN2O2/c15-12-4-1-3-11(7-12)8-17(10-14(16)18)9-13-5-2-6-19-13/h1,3-4,7,13H,2,5-6,8-10H2,(H2,16,18)/t13-/m1/s1. The lowest BCUT2D eigenvalue weighted by Crippen LogP contribution is -2.38. The average molecular weight is 266 g/mol. The van der Waals surface area contributed by atoms with Crippen LogP contribution < -0.4 is 5.73 Å². The minimum absolute atomic E-state index is 0.146. The molecule has 1 amide bonds. The maximum Gasteiger partial charge on any atom is 0.231 e. The molecule has 1 aliphatic rings. The molecule has 0 unspecified atom stereocenters. The molecule has 1 atom stereocenters. The minimum atomic E-state index is -0.380. The van der Waals surface area contributed by atoms with Gasteiger partial charge in [0.25, 0.3) is 0 Å². The first-order chi connectivity index (χ1) is 9.13. The molecule has 104 valence electrons. The number of amides is 1. The van der Waals surface area contributed by atoms with Crippen LogP contribution in [0.3, 0.4) is 0 Å². The number of rotatable bonds is 6. The summed E-state index contributed by atoms with van der Waals surface area (Å²) in [6, 6.07) is 6.39. The predicted octanol–water partition coefficient (Wildman–Crippen LogP) is 1.29. The molecule has 1 aliphatic heterocycles. The van der Waals surface area contributed by atoms with Crippen molar-refractivity contribution in [2.75, 3.05) is 19.7 Å². The van der Waals surface area contributed by atoms with Gasteiger partial charge < -0.3 is 10.5 Å². The second-order valence-electron chi connectivity index (χ2n) is 4.90. The summed E-state index contributed by atoms with van der Waals surface area (Å²) in [6.07, 6.45) is 2.20. The fourth-order valence-corrected chi connectivity index (χ4v) is 2.38. The van der Waals surface area contributed by atoms with Gasteiger partial charge in [0.15, 0.2) is 0 Å². The third-order valence-corrected chi connectivity index (χ3v) is 3.16. The zero-order valence-electron chi connectivity index (χ0n) is 10.8. The molecule has 0 spiro atoms. The Morgan fingerprint density at radius 3 is 3.00 bits per heavy atom. The maximum absolute atomic E-state index is 13.2. The molecule has 19 heavy (non-hydrogen) atoms. The van der Waals surface area contributed by atoms with Crippen LogP contribution in [0.1, 0.15) is 18.4 Å². The average Bonchev–Trinajstić information content (AvgIpc) is 2.80. The molecule has 0 radical (unpaired) electrons. The largest absolute Gasteiger partial charge is 0.377 e. The van der Waals surface area contributed by atoms with Crippen molar-refractivity contribution in [3.8, 4) is 0 Å². The molecule has 2 rings (SSSR count). The lowest BCUT2D eigenvalue weighted by atomic mass is 10.1. The van der Waals surface area contributed by atoms with Crippen LogP contribution in [0.4, 0.5) is 4.39 Å². The summed E-state index contributed by atoms with van der Waals surface area (Å²) in [5.74, 6) is -0.650. The molecule has 1 fully saturated rings. The Balaban J connectivity index is 1.98. The van der Waals surface area contributed by atoms with E-state index in [0.29, 0.717) is 13.1 Å². The first kappa shape index (κ1) is 14.0. The third kappa shape index (κ3) is 4.61. The molecular weight excluding hydrogens is 247 g/mol. The van der Waals surface area contributed by atoms with Crippen molar-refractivity contribution in [1.29, 1.82) is 0 Å². The smallest absolute Gasteiger partial charge is 0.231 e. The quantitative estimate of drug-likeness (QED) is 0.844. The van der Waals surface area contributed by atoms with Gasteiger partial charge in [0, 0.05) is 19.7 Å². The van der Waals surface area contributed by atoms with Gasteiger partial charge in [-0.3, -0.25) is 9.69 Å². The number of halogens is 1. The van der Waals surface area contributed by atoms with E-state index in [1.165, 1.54) is 12.1 Å². The van der Waals surface area contributed by atoms with Crippen LogP contribution in [-0.4, -0.2) is 36.6 Å². The summed E-state index contributed by atoms with van der Waals surface area (Å²) in [7, 11) is 0. The predicted molar refractivity (Wildman–Crippen MR) is 69.8 cm³/mol. The van der Waals surface area contributed by atoms with E-state index >= 15 is 0 Å². The SMILES string of the molecule is NC(=O)CN(Cc1cccc(F)c1)C[C@H]1CCCO1. The Morgan fingerprint density at radius 1 is 1.53 bits per heavy atom. The lowest BCUT2D eigenvalue weighted by molar-refractivity contribution is -0.119. The van der Waals surface area contributed by atoms with Crippen LogP contribution in [0, 0.1) is 5.82 Å². The first-order valence-corrected chi connectivity index (χ1v) is 6.50. The maximum atomic E-state index is 13.2. The van der Waals surface area contributed by atoms with Gasteiger partial charge in [-0.15, -0.1) is 0 Å². The van der Waals surface area contributed by atoms with Gasteiger partial charge in [0.05, 0.1) is 12.6 Å². The van der Waals surface area contributed by atoms with E-state index in [2.05, 4.69) is 0 Å². The zero-order chi connectivity index (χ0) is 13.7. The van der Waals surface area contributed by atoms with Crippen molar-refractivity contribution in [3.05, 3.63) is 35.6 Å². The number of ether oxygens (including phenoxy) is 1. The normalized spacial score (nSPS) is 18.9. The minimum Gasteiger partial charge on any atom is -0.377 e. The molecule has 4 nitrogen and oxygen atoms in total. The molecule has 1 aromatic carbocycles. The summed E-state index contributed by atoms with van der Waals surface area (Å²) < 4.78 is 18.7. The number of carbonyl (C=O) groups is 1. The van der Waals surface area contributed by atoms with Crippen molar-refractivity contribution < 1.29 is 13.9 Å². The zero-order valence-corrected chi connectivity index (χ0v) is 10.8. The van der Waals surface area contributed by atoms with Gasteiger partial charge in [-0.05, 0) is 30.5 Å². The molecule has 0 bridgehead atoms. The van der Waals surface area contributed by atoms with Crippen molar-refractivity contribution in [3.63, 3.8) is 0 Å². The van der Waals surface area contributed by atoms with E-state index in [0.717, 1.165) is 25.0 Å². The Morgan fingerprint density at radius 2 is 2.37 bits per heavy atom. The molecule has 2 N–H and O–H groups in total. The highest BCUT2D eigenvalue weighted by molar-refractivity contribution is 5.75. The van der Waals surface area contributed by atoms with E-state index in [9.17, 15) is 9.18 Å². The van der Waals surface area contributed by atoms with Gasteiger partial charge >= 0.3 is 0 Å². The number of benzene rings is 1. The van der Waals surface area contributed by atoms with E-state index in [1.807, 2.05) is 11.0 Å². The van der Waals surface area contributed by atoms with E-state index in [1.54, 1.807) is 6.07 Å². The first-order valence-electron chi connectivity index (χ1n) is 6.50. The van der Waals surface area contributed by atoms with Gasteiger partial charge in [-0.2, -0.15) is 0 Å². The van der Waals surface area contributed by atoms with Crippen LogP contribution in [0.2, 0.25) is 0 Å². The van der Waals surface area contributed by atoms with Gasteiger partial charge in [0.2, 0.25) is 5.91 Å². The van der Waals surface area contributed by atoms with E-state index in [4.69, 9.17) is 10.5 Å². The van der Waals surface area contributed by atoms with Crippen LogP contribution in [0.25, 0.3) is 0 Å². The summed E-state index contributed by atoms with van der Waals surface area (Å²) in [4.78, 5) is 13.0. The van der Waals surface area contributed by atoms with Crippen molar-refractivity contribution >= 4 is 5.91 Å². The second-order valence-corrected chi connectivity index (χ2v) is 4.90. The molecule has 1 aromatic rings. The Kier molecular flexibility index (Phi) is 4.87. The van der Waals surface area contributed by atoms with Crippen molar-refractivity contribution in [2.45, 2.75) is 25.5 Å². The van der Waals surface area contributed by atoms with Gasteiger partial charge in [-0.1, -0.05) is 12.1 Å². The molecule has 0 saturated carbocycles. The van der Waals surface area contributed by atoms with Crippen LogP contribution in [0.5, 0.6) is 0 Å². The highest BCUT2D eigenvalue weighted by Crippen LogP contribution is 2.15. The number of hydrogen-bond acceptors (Lipinski definition) is 3. The molecular formula is C14H19FN2O2. The van der Waals surface area contributed by atoms with Gasteiger partial charge in [-0.25, -0.2) is 4.39 Å². The summed E-state index contributed by atoms with van der Waals surface area (Å²) >= 11 is 0. The van der Waals surface area contributed by atoms with Crippen molar-refractivity contribution in [1.82, 2.24) is 4.90 Å². The Hall–Kier alpha value is -1.46. The van der Waals surface area contributed by atoms with Gasteiger partial charge in [0.1, 0.15) is 5.82 Å². The monoisotopic (exact) mass is 266 g/mol.